The molecule has 0 saturated carbocycles. The highest BCUT2D eigenvalue weighted by atomic mass is 32.2. The Hall–Kier alpha value is -3.92. The van der Waals surface area contributed by atoms with Crippen LogP contribution >= 0.6 is 0 Å². The molecule has 0 aliphatic rings. The minimum absolute atomic E-state index is 0.189. The monoisotopic (exact) mass is 448 g/mol. The van der Waals surface area contributed by atoms with Gasteiger partial charge in [0.25, 0.3) is 5.91 Å². The maximum Gasteiger partial charge on any atom is 0.275 e. The van der Waals surface area contributed by atoms with E-state index in [-0.39, 0.29) is 10.6 Å². The van der Waals surface area contributed by atoms with Crippen LogP contribution in [0.4, 0.5) is 5.82 Å². The third-order valence-corrected chi connectivity index (χ3v) is 5.69. The van der Waals surface area contributed by atoms with E-state index in [4.69, 9.17) is 0 Å². The lowest BCUT2D eigenvalue weighted by Gasteiger charge is -2.10. The number of sulfone groups is 1. The molecule has 0 atom stereocenters. The lowest BCUT2D eigenvalue weighted by molar-refractivity contribution is 0.101. The smallest absolute Gasteiger partial charge is 0.275 e. The molecule has 0 bridgehead atoms. The lowest BCUT2D eigenvalue weighted by atomic mass is 10.3. The van der Waals surface area contributed by atoms with Crippen LogP contribution in [-0.2, 0) is 9.84 Å². The maximum atomic E-state index is 13.1. The Morgan fingerprint density at radius 3 is 2.38 bits per heavy atom. The molecule has 1 N–H and O–H groups in total. The molecule has 4 rings (SSSR count). The van der Waals surface area contributed by atoms with Crippen molar-refractivity contribution in [3.05, 3.63) is 77.9 Å². The summed E-state index contributed by atoms with van der Waals surface area (Å²) >= 11 is 0. The number of nitrogens with one attached hydrogen (secondary N) is 1. The summed E-state index contributed by atoms with van der Waals surface area (Å²) in [7, 11) is -3.32. The van der Waals surface area contributed by atoms with Crippen LogP contribution in [0.1, 0.15) is 21.9 Å². The van der Waals surface area contributed by atoms with Crippen LogP contribution in [0.25, 0.3) is 17.2 Å². The first-order valence-electron chi connectivity index (χ1n) is 9.66. The average Bonchev–Trinajstić information content (AvgIpc) is 3.15. The van der Waals surface area contributed by atoms with Gasteiger partial charge < -0.3 is 5.32 Å². The van der Waals surface area contributed by atoms with E-state index < -0.39 is 15.7 Å². The van der Waals surface area contributed by atoms with E-state index in [1.807, 2.05) is 13.0 Å². The summed E-state index contributed by atoms with van der Waals surface area (Å²) in [5, 5.41) is 7.18. The molecule has 0 fully saturated rings. The molecule has 10 heteroatoms. The maximum absolute atomic E-state index is 13.1. The fraction of sp³-hybridized carbons (Fsp3) is 0.136. The van der Waals surface area contributed by atoms with Crippen LogP contribution in [0.5, 0.6) is 0 Å². The SMILES string of the molecule is Cc1cc(NC(=O)c2cc(C)nn2-c2ccc(S(C)(=O)=O)cc2)nc(-c2ccccn2)n1. The molecular formula is C22H20N6O3S. The zero-order valence-corrected chi connectivity index (χ0v) is 18.5. The van der Waals surface area contributed by atoms with Crippen molar-refractivity contribution in [2.45, 2.75) is 18.7 Å². The molecule has 0 unspecified atom stereocenters. The molecule has 0 aliphatic carbocycles. The van der Waals surface area contributed by atoms with Crippen LogP contribution in [0.3, 0.4) is 0 Å². The van der Waals surface area contributed by atoms with Crippen LogP contribution in [-0.4, -0.2) is 45.3 Å². The van der Waals surface area contributed by atoms with Crippen molar-refractivity contribution in [3.8, 4) is 17.2 Å². The number of pyridine rings is 1. The normalized spacial score (nSPS) is 11.3. The first kappa shape index (κ1) is 21.3. The van der Waals surface area contributed by atoms with Crippen molar-refractivity contribution in [3.63, 3.8) is 0 Å². The number of rotatable bonds is 5. The number of nitrogens with zero attached hydrogens (tertiary/aromatic N) is 5. The van der Waals surface area contributed by atoms with Gasteiger partial charge in [-0.05, 0) is 56.3 Å². The Bertz CT molecular complexity index is 1400. The third kappa shape index (κ3) is 4.54. The Balaban J connectivity index is 1.65. The summed E-state index contributed by atoms with van der Waals surface area (Å²) in [6.07, 6.45) is 2.79. The number of carbonyl (C=O) groups is 1. The average molecular weight is 449 g/mol. The van der Waals surface area contributed by atoms with Crippen LogP contribution in [0.2, 0.25) is 0 Å². The minimum atomic E-state index is -3.32. The number of amides is 1. The fourth-order valence-corrected chi connectivity index (χ4v) is 3.75. The quantitative estimate of drug-likeness (QED) is 0.498. The summed E-state index contributed by atoms with van der Waals surface area (Å²) in [6.45, 7) is 3.58. The second-order valence-corrected chi connectivity index (χ2v) is 9.25. The molecule has 0 saturated heterocycles. The number of hydrogen-bond acceptors (Lipinski definition) is 7. The summed E-state index contributed by atoms with van der Waals surface area (Å²) in [5.41, 5.74) is 2.75. The van der Waals surface area contributed by atoms with Crippen molar-refractivity contribution >= 4 is 21.6 Å². The van der Waals surface area contributed by atoms with Crippen molar-refractivity contribution in [2.24, 2.45) is 0 Å². The van der Waals surface area contributed by atoms with Gasteiger partial charge in [-0.1, -0.05) is 6.07 Å². The summed E-state index contributed by atoms with van der Waals surface area (Å²) in [5.74, 6) is 0.325. The molecular weight excluding hydrogens is 428 g/mol. The minimum Gasteiger partial charge on any atom is -0.305 e. The predicted octanol–water partition coefficient (Wildman–Crippen LogP) is 3.00. The third-order valence-electron chi connectivity index (χ3n) is 4.56. The number of benzene rings is 1. The van der Waals surface area contributed by atoms with Crippen LogP contribution < -0.4 is 5.32 Å². The molecule has 3 aromatic heterocycles. The number of carbonyl (C=O) groups excluding carboxylic acids is 1. The highest BCUT2D eigenvalue weighted by Crippen LogP contribution is 2.19. The molecule has 0 radical (unpaired) electrons. The Labute approximate surface area is 185 Å². The second-order valence-electron chi connectivity index (χ2n) is 7.24. The molecule has 1 amide bonds. The Morgan fingerprint density at radius 1 is 0.969 bits per heavy atom. The van der Waals surface area contributed by atoms with Gasteiger partial charge >= 0.3 is 0 Å². The van der Waals surface area contributed by atoms with Crippen LogP contribution in [0, 0.1) is 13.8 Å². The molecule has 4 aromatic rings. The van der Waals surface area contributed by atoms with Gasteiger partial charge in [0.1, 0.15) is 17.2 Å². The van der Waals surface area contributed by atoms with E-state index in [9.17, 15) is 13.2 Å². The summed E-state index contributed by atoms with van der Waals surface area (Å²) in [6, 6.07) is 14.9. The number of hydrogen-bond donors (Lipinski definition) is 1. The van der Waals surface area contributed by atoms with E-state index in [0.29, 0.717) is 34.4 Å². The molecule has 0 aliphatic heterocycles. The van der Waals surface area contributed by atoms with Gasteiger partial charge in [0.15, 0.2) is 15.7 Å². The predicted molar refractivity (Wildman–Crippen MR) is 119 cm³/mol. The van der Waals surface area contributed by atoms with E-state index in [1.54, 1.807) is 49.5 Å². The Kier molecular flexibility index (Phi) is 5.54. The number of aromatic nitrogens is 5. The summed E-state index contributed by atoms with van der Waals surface area (Å²) < 4.78 is 24.9. The van der Waals surface area contributed by atoms with Crippen molar-refractivity contribution < 1.29 is 13.2 Å². The number of anilines is 1. The van der Waals surface area contributed by atoms with Gasteiger partial charge in [-0.2, -0.15) is 5.10 Å². The topological polar surface area (TPSA) is 120 Å². The van der Waals surface area contributed by atoms with Crippen molar-refractivity contribution in [1.29, 1.82) is 0 Å². The van der Waals surface area contributed by atoms with Crippen molar-refractivity contribution in [2.75, 3.05) is 11.6 Å². The zero-order chi connectivity index (χ0) is 22.9. The zero-order valence-electron chi connectivity index (χ0n) is 17.6. The molecule has 9 nitrogen and oxygen atoms in total. The van der Waals surface area contributed by atoms with E-state index in [0.717, 1.165) is 6.26 Å². The molecule has 3 heterocycles. The van der Waals surface area contributed by atoms with E-state index in [1.165, 1.54) is 16.8 Å². The lowest BCUT2D eigenvalue weighted by Crippen LogP contribution is -2.18. The van der Waals surface area contributed by atoms with E-state index in [2.05, 4.69) is 25.4 Å². The molecule has 32 heavy (non-hydrogen) atoms. The highest BCUT2D eigenvalue weighted by molar-refractivity contribution is 7.90. The van der Waals surface area contributed by atoms with Crippen molar-refractivity contribution in [1.82, 2.24) is 24.7 Å². The van der Waals surface area contributed by atoms with Crippen LogP contribution in [0.15, 0.2) is 65.7 Å². The van der Waals surface area contributed by atoms with Gasteiger partial charge in [0.05, 0.1) is 16.3 Å². The van der Waals surface area contributed by atoms with Gasteiger partial charge in [0, 0.05) is 24.2 Å². The first-order chi connectivity index (χ1) is 15.2. The fourth-order valence-electron chi connectivity index (χ4n) is 3.12. The van der Waals surface area contributed by atoms with Gasteiger partial charge in [-0.25, -0.2) is 23.1 Å². The molecule has 0 spiro atoms. The Morgan fingerprint density at radius 2 is 1.72 bits per heavy atom. The largest absolute Gasteiger partial charge is 0.305 e. The molecule has 1 aromatic carbocycles. The molecule has 162 valence electrons. The standard InChI is InChI=1S/C22H20N6O3S/c1-14-13-20(25-21(24-14)18-6-4-5-11-23-18)26-22(29)19-12-15(2)27-28(19)16-7-9-17(10-8-16)32(3,30)31/h4-13H,1-3H3,(H,24,25,26,29). The van der Waals surface area contributed by atoms with Gasteiger partial charge in [0.2, 0.25) is 0 Å². The number of aryl methyl sites for hydroxylation is 2. The van der Waals surface area contributed by atoms with Gasteiger partial charge in [-0.3, -0.25) is 9.78 Å². The highest BCUT2D eigenvalue weighted by Gasteiger charge is 2.18. The first-order valence-corrected chi connectivity index (χ1v) is 11.6. The summed E-state index contributed by atoms with van der Waals surface area (Å²) in [4.78, 5) is 26.3. The van der Waals surface area contributed by atoms with E-state index >= 15 is 0 Å². The second kappa shape index (κ2) is 8.31. The van der Waals surface area contributed by atoms with Gasteiger partial charge in [-0.15, -0.1) is 0 Å².